The average Bonchev–Trinajstić information content (AvgIpc) is 2.04. The smallest absolute Gasteiger partial charge is 0.267 e. The molecular formula is C7H3ClF2INO. The highest BCUT2D eigenvalue weighted by Gasteiger charge is 2.19. The number of halogens is 4. The summed E-state index contributed by atoms with van der Waals surface area (Å²) in [6.07, 6.45) is -1.08. The lowest BCUT2D eigenvalue weighted by Gasteiger charge is -2.06. The van der Waals surface area contributed by atoms with Crippen LogP contribution in [-0.2, 0) is 0 Å². The van der Waals surface area contributed by atoms with Crippen LogP contribution in [0.1, 0.15) is 22.3 Å². The number of pyridine rings is 1. The van der Waals surface area contributed by atoms with Gasteiger partial charge in [0.15, 0.2) is 6.29 Å². The molecule has 13 heavy (non-hydrogen) atoms. The van der Waals surface area contributed by atoms with E-state index >= 15 is 0 Å². The first-order chi connectivity index (χ1) is 6.07. The molecule has 1 aromatic heterocycles. The molecule has 0 spiro atoms. The van der Waals surface area contributed by atoms with E-state index in [4.69, 9.17) is 11.6 Å². The minimum Gasteiger partial charge on any atom is -0.298 e. The van der Waals surface area contributed by atoms with Crippen molar-refractivity contribution in [1.29, 1.82) is 0 Å². The van der Waals surface area contributed by atoms with Gasteiger partial charge in [0.05, 0.1) is 5.56 Å². The Labute approximate surface area is 91.4 Å². The molecule has 0 N–H and O–H groups in total. The second-order valence-electron chi connectivity index (χ2n) is 2.15. The Hall–Kier alpha value is -0.300. The summed E-state index contributed by atoms with van der Waals surface area (Å²) in [4.78, 5) is 13.9. The van der Waals surface area contributed by atoms with Crippen LogP contribution in [0, 0.1) is 3.57 Å². The van der Waals surface area contributed by atoms with Crippen LogP contribution >= 0.6 is 34.2 Å². The number of carbonyl (C=O) groups excluding carboxylic acids is 1. The van der Waals surface area contributed by atoms with Crippen LogP contribution in [0.25, 0.3) is 0 Å². The van der Waals surface area contributed by atoms with Crippen LogP contribution in [0.2, 0.25) is 5.15 Å². The zero-order valence-corrected chi connectivity index (χ0v) is 9.01. The fourth-order valence-corrected chi connectivity index (χ4v) is 1.91. The number of aromatic nitrogens is 1. The lowest BCUT2D eigenvalue weighted by atomic mass is 10.2. The van der Waals surface area contributed by atoms with E-state index in [1.54, 1.807) is 22.6 Å². The summed E-state index contributed by atoms with van der Waals surface area (Å²) in [7, 11) is 0. The molecule has 0 saturated carbocycles. The van der Waals surface area contributed by atoms with E-state index in [0.717, 1.165) is 0 Å². The third-order valence-electron chi connectivity index (χ3n) is 1.37. The highest BCUT2D eigenvalue weighted by atomic mass is 127. The predicted molar refractivity (Wildman–Crippen MR) is 52.3 cm³/mol. The van der Waals surface area contributed by atoms with Crippen LogP contribution in [0.15, 0.2) is 6.20 Å². The monoisotopic (exact) mass is 317 g/mol. The minimum atomic E-state index is -2.72. The van der Waals surface area contributed by atoms with E-state index in [1.165, 1.54) is 6.20 Å². The molecule has 0 bridgehead atoms. The SMILES string of the molecule is O=Cc1cnc(Cl)c(C(F)F)c1I. The maximum absolute atomic E-state index is 12.4. The summed E-state index contributed by atoms with van der Waals surface area (Å²) in [5.74, 6) is 0. The molecule has 0 saturated heterocycles. The Morgan fingerprint density at radius 3 is 2.69 bits per heavy atom. The fourth-order valence-electron chi connectivity index (χ4n) is 0.766. The maximum Gasteiger partial charge on any atom is 0.267 e. The molecule has 1 heterocycles. The van der Waals surface area contributed by atoms with Crippen molar-refractivity contribution < 1.29 is 13.6 Å². The van der Waals surface area contributed by atoms with Gasteiger partial charge in [-0.3, -0.25) is 4.79 Å². The largest absolute Gasteiger partial charge is 0.298 e. The minimum absolute atomic E-state index is 0.125. The Kier molecular flexibility index (Phi) is 3.55. The molecule has 6 heteroatoms. The molecule has 0 atom stereocenters. The van der Waals surface area contributed by atoms with Gasteiger partial charge in [0.1, 0.15) is 5.15 Å². The van der Waals surface area contributed by atoms with Crippen molar-refractivity contribution in [2.24, 2.45) is 0 Å². The van der Waals surface area contributed by atoms with E-state index in [-0.39, 0.29) is 19.9 Å². The Morgan fingerprint density at radius 1 is 1.62 bits per heavy atom. The molecule has 1 rings (SSSR count). The molecule has 0 aliphatic rings. The molecule has 0 radical (unpaired) electrons. The van der Waals surface area contributed by atoms with Gasteiger partial charge in [-0.2, -0.15) is 0 Å². The molecular weight excluding hydrogens is 314 g/mol. The molecule has 0 aliphatic heterocycles. The van der Waals surface area contributed by atoms with Crippen molar-refractivity contribution in [1.82, 2.24) is 4.98 Å². The van der Waals surface area contributed by atoms with Gasteiger partial charge < -0.3 is 0 Å². The first-order valence-electron chi connectivity index (χ1n) is 3.15. The Bertz CT molecular complexity index is 346. The van der Waals surface area contributed by atoms with Gasteiger partial charge in [-0.05, 0) is 22.6 Å². The first kappa shape index (κ1) is 10.8. The van der Waals surface area contributed by atoms with E-state index in [0.29, 0.717) is 6.29 Å². The summed E-state index contributed by atoms with van der Waals surface area (Å²) >= 11 is 7.09. The van der Waals surface area contributed by atoms with Gasteiger partial charge >= 0.3 is 0 Å². The second kappa shape index (κ2) is 4.28. The molecule has 0 unspecified atom stereocenters. The van der Waals surface area contributed by atoms with Gasteiger partial charge in [0.2, 0.25) is 0 Å². The van der Waals surface area contributed by atoms with Crippen molar-refractivity contribution >= 4 is 40.5 Å². The number of hydrogen-bond acceptors (Lipinski definition) is 2. The molecule has 2 nitrogen and oxygen atoms in total. The summed E-state index contributed by atoms with van der Waals surface area (Å²) in [5.41, 5.74) is -0.257. The maximum atomic E-state index is 12.4. The molecule has 0 aromatic carbocycles. The third kappa shape index (κ3) is 2.14. The number of aldehydes is 1. The van der Waals surface area contributed by atoms with Crippen molar-refractivity contribution in [2.45, 2.75) is 6.43 Å². The first-order valence-corrected chi connectivity index (χ1v) is 4.60. The van der Waals surface area contributed by atoms with E-state index < -0.39 is 6.43 Å². The van der Waals surface area contributed by atoms with Gasteiger partial charge in [-0.15, -0.1) is 0 Å². The number of rotatable bonds is 2. The van der Waals surface area contributed by atoms with Crippen molar-refractivity contribution in [3.63, 3.8) is 0 Å². The van der Waals surface area contributed by atoms with Crippen LogP contribution in [-0.4, -0.2) is 11.3 Å². The number of carbonyl (C=O) groups is 1. The number of hydrogen-bond donors (Lipinski definition) is 0. The zero-order valence-electron chi connectivity index (χ0n) is 6.10. The number of alkyl halides is 2. The molecule has 1 aromatic rings. The quantitative estimate of drug-likeness (QED) is 0.477. The number of nitrogens with zero attached hydrogens (tertiary/aromatic N) is 1. The molecule has 0 aliphatic carbocycles. The lowest BCUT2D eigenvalue weighted by Crippen LogP contribution is -1.98. The predicted octanol–water partition coefficient (Wildman–Crippen LogP) is 3.09. The normalized spacial score (nSPS) is 10.5. The Balaban J connectivity index is 3.38. The van der Waals surface area contributed by atoms with E-state index in [9.17, 15) is 13.6 Å². The van der Waals surface area contributed by atoms with Crippen molar-refractivity contribution in [2.75, 3.05) is 0 Å². The summed E-state index contributed by atoms with van der Waals surface area (Å²) in [5, 5.41) is -0.259. The van der Waals surface area contributed by atoms with E-state index in [1.807, 2.05) is 0 Å². The highest BCUT2D eigenvalue weighted by Crippen LogP contribution is 2.31. The van der Waals surface area contributed by atoms with Crippen LogP contribution < -0.4 is 0 Å². The van der Waals surface area contributed by atoms with Gasteiger partial charge in [0.25, 0.3) is 6.43 Å². The van der Waals surface area contributed by atoms with Crippen LogP contribution in [0.4, 0.5) is 8.78 Å². The lowest BCUT2D eigenvalue weighted by molar-refractivity contribution is 0.112. The third-order valence-corrected chi connectivity index (χ3v) is 2.88. The van der Waals surface area contributed by atoms with Crippen molar-refractivity contribution in [3.8, 4) is 0 Å². The summed E-state index contributed by atoms with van der Waals surface area (Å²) in [6.45, 7) is 0. The standard InChI is InChI=1S/C7H3ClF2INO/c8-6-4(7(9)10)5(11)3(2-13)1-12-6/h1-2,7H. The van der Waals surface area contributed by atoms with Gasteiger partial charge in [-0.25, -0.2) is 13.8 Å². The van der Waals surface area contributed by atoms with Gasteiger partial charge in [0, 0.05) is 15.3 Å². The second-order valence-corrected chi connectivity index (χ2v) is 3.59. The molecule has 0 amide bonds. The topological polar surface area (TPSA) is 30.0 Å². The average molecular weight is 317 g/mol. The zero-order chi connectivity index (χ0) is 10.0. The van der Waals surface area contributed by atoms with E-state index in [2.05, 4.69) is 4.98 Å². The Morgan fingerprint density at radius 2 is 2.23 bits per heavy atom. The van der Waals surface area contributed by atoms with Crippen molar-refractivity contribution in [3.05, 3.63) is 26.0 Å². The van der Waals surface area contributed by atoms with Crippen LogP contribution in [0.5, 0.6) is 0 Å². The highest BCUT2D eigenvalue weighted by molar-refractivity contribution is 14.1. The fraction of sp³-hybridized carbons (Fsp3) is 0.143. The van der Waals surface area contributed by atoms with Crippen LogP contribution in [0.3, 0.4) is 0 Å². The van der Waals surface area contributed by atoms with Gasteiger partial charge in [-0.1, -0.05) is 11.6 Å². The summed E-state index contributed by atoms with van der Waals surface area (Å²) in [6, 6.07) is 0. The molecule has 70 valence electrons. The summed E-state index contributed by atoms with van der Waals surface area (Å²) < 4.78 is 24.9. The molecule has 0 fully saturated rings.